The van der Waals surface area contributed by atoms with Crippen LogP contribution in [0.2, 0.25) is 0 Å². The quantitative estimate of drug-likeness (QED) is 0.628. The van der Waals surface area contributed by atoms with Gasteiger partial charge in [0.1, 0.15) is 0 Å². The van der Waals surface area contributed by atoms with E-state index in [9.17, 15) is 18.0 Å². The van der Waals surface area contributed by atoms with Crippen LogP contribution in [0.25, 0.3) is 0 Å². The fourth-order valence-corrected chi connectivity index (χ4v) is 2.62. The van der Waals surface area contributed by atoms with E-state index in [0.29, 0.717) is 5.75 Å². The lowest BCUT2D eigenvalue weighted by Crippen LogP contribution is -2.19. The van der Waals surface area contributed by atoms with Crippen LogP contribution in [0, 0.1) is 0 Å². The van der Waals surface area contributed by atoms with Crippen LogP contribution >= 0.6 is 11.8 Å². The summed E-state index contributed by atoms with van der Waals surface area (Å²) in [5.74, 6) is 0.611. The van der Waals surface area contributed by atoms with Gasteiger partial charge >= 0.3 is 6.18 Å². The van der Waals surface area contributed by atoms with Crippen LogP contribution in [0.4, 0.5) is 13.2 Å². The standard InChI is InChI=1S/C17H15F3N2OS/c18-17(19,20)15-8-4-7-14(9-15)10-21-22-16(23)12-24-11-13-5-2-1-3-6-13/h1-10H,11-12H2,(H,22,23)/b21-10-. The van der Waals surface area contributed by atoms with E-state index >= 15 is 0 Å². The lowest BCUT2D eigenvalue weighted by Gasteiger charge is -2.06. The van der Waals surface area contributed by atoms with Crippen LogP contribution < -0.4 is 5.43 Å². The maximum Gasteiger partial charge on any atom is 0.416 e. The Kier molecular flexibility index (Phi) is 6.43. The molecule has 2 aromatic carbocycles. The van der Waals surface area contributed by atoms with Crippen molar-refractivity contribution in [3.8, 4) is 0 Å². The average Bonchev–Trinajstić information content (AvgIpc) is 2.55. The van der Waals surface area contributed by atoms with Gasteiger partial charge in [-0.2, -0.15) is 18.3 Å². The van der Waals surface area contributed by atoms with Crippen molar-refractivity contribution in [2.24, 2.45) is 5.10 Å². The van der Waals surface area contributed by atoms with E-state index in [1.807, 2.05) is 30.3 Å². The first-order valence-electron chi connectivity index (χ1n) is 7.06. The molecule has 0 bridgehead atoms. The summed E-state index contributed by atoms with van der Waals surface area (Å²) >= 11 is 1.43. The van der Waals surface area contributed by atoms with Crippen molar-refractivity contribution in [3.63, 3.8) is 0 Å². The number of alkyl halides is 3. The third-order valence-corrected chi connectivity index (χ3v) is 3.97. The molecule has 0 saturated heterocycles. The fourth-order valence-electron chi connectivity index (χ4n) is 1.84. The molecule has 0 fully saturated rings. The predicted molar refractivity (Wildman–Crippen MR) is 89.8 cm³/mol. The number of hydrazone groups is 1. The second-order valence-corrected chi connectivity index (χ2v) is 5.88. The Morgan fingerprint density at radius 2 is 1.88 bits per heavy atom. The molecule has 2 aromatic rings. The molecule has 3 nitrogen and oxygen atoms in total. The fraction of sp³-hybridized carbons (Fsp3) is 0.176. The van der Waals surface area contributed by atoms with Gasteiger partial charge in [-0.3, -0.25) is 4.79 Å². The second kappa shape index (κ2) is 8.54. The van der Waals surface area contributed by atoms with Crippen molar-refractivity contribution >= 4 is 23.9 Å². The van der Waals surface area contributed by atoms with Gasteiger partial charge in [-0.25, -0.2) is 5.43 Å². The third-order valence-electron chi connectivity index (χ3n) is 2.96. The molecule has 24 heavy (non-hydrogen) atoms. The van der Waals surface area contributed by atoms with E-state index in [2.05, 4.69) is 10.5 Å². The molecule has 0 unspecified atom stereocenters. The van der Waals surface area contributed by atoms with Gasteiger partial charge in [0.25, 0.3) is 0 Å². The number of carbonyl (C=O) groups is 1. The SMILES string of the molecule is O=C(CSCc1ccccc1)N/N=C\c1cccc(C(F)(F)F)c1. The summed E-state index contributed by atoms with van der Waals surface area (Å²) in [4.78, 5) is 11.6. The van der Waals surface area contributed by atoms with E-state index in [1.165, 1.54) is 30.1 Å². The van der Waals surface area contributed by atoms with Crippen molar-refractivity contribution in [3.05, 3.63) is 71.3 Å². The number of thioether (sulfide) groups is 1. The van der Waals surface area contributed by atoms with Crippen molar-refractivity contribution in [2.45, 2.75) is 11.9 Å². The molecule has 0 aromatic heterocycles. The zero-order valence-corrected chi connectivity index (χ0v) is 13.4. The summed E-state index contributed by atoms with van der Waals surface area (Å²) in [6.07, 6.45) is -3.21. The zero-order valence-electron chi connectivity index (χ0n) is 12.6. The molecule has 0 aliphatic rings. The Labute approximate surface area is 142 Å². The van der Waals surface area contributed by atoms with Gasteiger partial charge in [0.15, 0.2) is 0 Å². The highest BCUT2D eigenvalue weighted by molar-refractivity contribution is 7.99. The number of carbonyl (C=O) groups excluding carboxylic acids is 1. The van der Waals surface area contributed by atoms with E-state index in [-0.39, 0.29) is 17.2 Å². The minimum atomic E-state index is -4.40. The number of benzene rings is 2. The van der Waals surface area contributed by atoms with Crippen molar-refractivity contribution in [2.75, 3.05) is 5.75 Å². The van der Waals surface area contributed by atoms with Crippen LogP contribution in [0.15, 0.2) is 59.7 Å². The summed E-state index contributed by atoms with van der Waals surface area (Å²) in [6.45, 7) is 0. The highest BCUT2D eigenvalue weighted by Gasteiger charge is 2.30. The predicted octanol–water partition coefficient (Wildman–Crippen LogP) is 4.09. The van der Waals surface area contributed by atoms with Gasteiger partial charge in [-0.1, -0.05) is 42.5 Å². The molecule has 7 heteroatoms. The summed E-state index contributed by atoms with van der Waals surface area (Å²) in [5, 5.41) is 3.69. The van der Waals surface area contributed by atoms with Gasteiger partial charge in [0, 0.05) is 5.75 Å². The minimum absolute atomic E-state index is 0.217. The van der Waals surface area contributed by atoms with Crippen LogP contribution in [0.5, 0.6) is 0 Å². The molecule has 0 heterocycles. The Hall–Kier alpha value is -2.28. The van der Waals surface area contributed by atoms with Crippen LogP contribution in [-0.4, -0.2) is 17.9 Å². The Morgan fingerprint density at radius 1 is 1.12 bits per heavy atom. The molecule has 0 spiro atoms. The average molecular weight is 352 g/mol. The van der Waals surface area contributed by atoms with Crippen LogP contribution in [0.3, 0.4) is 0 Å². The normalized spacial score (nSPS) is 11.6. The second-order valence-electron chi connectivity index (χ2n) is 4.89. The van der Waals surface area contributed by atoms with Gasteiger partial charge in [0.2, 0.25) is 5.91 Å². The Balaban J connectivity index is 1.78. The summed E-state index contributed by atoms with van der Waals surface area (Å²) < 4.78 is 37.7. The number of rotatable bonds is 6. The van der Waals surface area contributed by atoms with Crippen LogP contribution in [0.1, 0.15) is 16.7 Å². The van der Waals surface area contributed by atoms with Gasteiger partial charge in [-0.15, -0.1) is 11.8 Å². The highest BCUT2D eigenvalue weighted by Crippen LogP contribution is 2.29. The largest absolute Gasteiger partial charge is 0.416 e. The molecule has 0 aliphatic carbocycles. The molecule has 0 radical (unpaired) electrons. The molecule has 0 aliphatic heterocycles. The minimum Gasteiger partial charge on any atom is -0.272 e. The smallest absolute Gasteiger partial charge is 0.272 e. The van der Waals surface area contributed by atoms with Gasteiger partial charge in [-0.05, 0) is 23.3 Å². The van der Waals surface area contributed by atoms with Crippen LogP contribution in [-0.2, 0) is 16.7 Å². The maximum atomic E-state index is 12.6. The van der Waals surface area contributed by atoms with Gasteiger partial charge in [0.05, 0.1) is 17.5 Å². The first-order valence-corrected chi connectivity index (χ1v) is 8.21. The maximum absolute atomic E-state index is 12.6. The molecular weight excluding hydrogens is 337 g/mol. The number of hydrogen-bond donors (Lipinski definition) is 1. The van der Waals surface area contributed by atoms with E-state index in [0.717, 1.165) is 17.7 Å². The van der Waals surface area contributed by atoms with E-state index in [1.54, 1.807) is 0 Å². The number of halogens is 3. The summed E-state index contributed by atoms with van der Waals surface area (Å²) in [7, 11) is 0. The summed E-state index contributed by atoms with van der Waals surface area (Å²) in [6, 6.07) is 14.4. The zero-order chi connectivity index (χ0) is 17.4. The molecule has 1 amide bonds. The topological polar surface area (TPSA) is 41.5 Å². The van der Waals surface area contributed by atoms with Gasteiger partial charge < -0.3 is 0 Å². The lowest BCUT2D eigenvalue weighted by atomic mass is 10.1. The van der Waals surface area contributed by atoms with Crippen molar-refractivity contribution in [1.29, 1.82) is 0 Å². The molecular formula is C17H15F3N2OS. The Bertz CT molecular complexity index is 702. The van der Waals surface area contributed by atoms with Crippen molar-refractivity contribution < 1.29 is 18.0 Å². The Morgan fingerprint density at radius 3 is 2.58 bits per heavy atom. The molecule has 0 atom stereocenters. The first kappa shape index (κ1) is 18.1. The molecule has 2 rings (SSSR count). The van der Waals surface area contributed by atoms with E-state index < -0.39 is 11.7 Å². The number of nitrogens with zero attached hydrogens (tertiary/aromatic N) is 1. The summed E-state index contributed by atoms with van der Waals surface area (Å²) in [5.41, 5.74) is 2.93. The van der Waals surface area contributed by atoms with Crippen molar-refractivity contribution in [1.82, 2.24) is 5.43 Å². The monoisotopic (exact) mass is 352 g/mol. The number of hydrogen-bond acceptors (Lipinski definition) is 3. The van der Waals surface area contributed by atoms with E-state index in [4.69, 9.17) is 0 Å². The number of amides is 1. The number of nitrogens with one attached hydrogen (secondary N) is 1. The highest BCUT2D eigenvalue weighted by atomic mass is 32.2. The molecule has 1 N–H and O–H groups in total. The molecule has 126 valence electrons. The third kappa shape index (κ3) is 6.08. The first-order chi connectivity index (χ1) is 11.4. The lowest BCUT2D eigenvalue weighted by molar-refractivity contribution is -0.137. The molecule has 0 saturated carbocycles.